The Morgan fingerprint density at radius 2 is 2.05 bits per heavy atom. The molecule has 0 spiro atoms. The number of piperazine rings is 1. The summed E-state index contributed by atoms with van der Waals surface area (Å²) in [5, 5.41) is 0. The van der Waals surface area contributed by atoms with Crippen LogP contribution in [0.2, 0.25) is 0 Å². The molecular formula is C14H16N4O2. The Bertz CT molecular complexity index is 589. The molecule has 104 valence electrons. The molecule has 0 aromatic carbocycles. The second-order valence-electron chi connectivity index (χ2n) is 4.78. The Hall–Kier alpha value is -2.37. The third-order valence-electron chi connectivity index (χ3n) is 3.37. The highest BCUT2D eigenvalue weighted by molar-refractivity contribution is 5.91. The molecule has 1 aliphatic rings. The molecular weight excluding hydrogens is 256 g/mol. The molecule has 3 heterocycles. The van der Waals surface area contributed by atoms with Crippen molar-refractivity contribution in [2.24, 2.45) is 0 Å². The van der Waals surface area contributed by atoms with Crippen LogP contribution in [0.25, 0.3) is 0 Å². The van der Waals surface area contributed by atoms with Crippen LogP contribution in [-0.2, 0) is 0 Å². The molecule has 1 aliphatic heterocycles. The summed E-state index contributed by atoms with van der Waals surface area (Å²) in [6.45, 7) is 4.76. The number of hydrogen-bond donors (Lipinski definition) is 0. The van der Waals surface area contributed by atoms with E-state index in [-0.39, 0.29) is 5.91 Å². The van der Waals surface area contributed by atoms with Gasteiger partial charge in [-0.15, -0.1) is 0 Å². The average Bonchev–Trinajstić information content (AvgIpc) is 3.01. The Labute approximate surface area is 117 Å². The number of hydrogen-bond acceptors (Lipinski definition) is 5. The van der Waals surface area contributed by atoms with E-state index in [1.807, 2.05) is 6.92 Å². The molecule has 0 unspecified atom stereocenters. The molecule has 1 saturated heterocycles. The third-order valence-corrected chi connectivity index (χ3v) is 3.37. The Balaban J connectivity index is 1.64. The minimum Gasteiger partial charge on any atom is -0.459 e. The van der Waals surface area contributed by atoms with Crippen LogP contribution in [0.3, 0.4) is 0 Å². The van der Waals surface area contributed by atoms with Gasteiger partial charge in [0.1, 0.15) is 5.82 Å². The highest BCUT2D eigenvalue weighted by Gasteiger charge is 2.24. The zero-order chi connectivity index (χ0) is 13.9. The topological polar surface area (TPSA) is 62.5 Å². The number of aromatic nitrogens is 2. The van der Waals surface area contributed by atoms with Gasteiger partial charge in [0.05, 0.1) is 18.2 Å². The van der Waals surface area contributed by atoms with E-state index in [4.69, 9.17) is 4.42 Å². The summed E-state index contributed by atoms with van der Waals surface area (Å²) < 4.78 is 5.15. The predicted octanol–water partition coefficient (Wildman–Crippen LogP) is 1.34. The second kappa shape index (κ2) is 5.32. The minimum absolute atomic E-state index is 0.0509. The molecule has 6 nitrogen and oxygen atoms in total. The molecule has 20 heavy (non-hydrogen) atoms. The SMILES string of the molecule is Cc1cncc(N2CCN(C(=O)c3ccco3)CC2)n1. The molecule has 0 saturated carbocycles. The zero-order valence-corrected chi connectivity index (χ0v) is 11.3. The van der Waals surface area contributed by atoms with Crippen LogP contribution in [0.5, 0.6) is 0 Å². The Morgan fingerprint density at radius 3 is 2.70 bits per heavy atom. The first-order valence-corrected chi connectivity index (χ1v) is 6.60. The Morgan fingerprint density at radius 1 is 1.25 bits per heavy atom. The van der Waals surface area contributed by atoms with Crippen LogP contribution in [0.1, 0.15) is 16.2 Å². The third kappa shape index (κ3) is 2.49. The van der Waals surface area contributed by atoms with E-state index in [9.17, 15) is 4.79 Å². The first-order chi connectivity index (χ1) is 9.74. The fourth-order valence-electron chi connectivity index (χ4n) is 2.30. The lowest BCUT2D eigenvalue weighted by atomic mass is 10.3. The zero-order valence-electron chi connectivity index (χ0n) is 11.3. The molecule has 1 amide bonds. The molecule has 6 heteroatoms. The molecule has 1 fully saturated rings. The summed E-state index contributed by atoms with van der Waals surface area (Å²) >= 11 is 0. The van der Waals surface area contributed by atoms with Crippen molar-refractivity contribution in [3.63, 3.8) is 0 Å². The standard InChI is InChI=1S/C14H16N4O2/c1-11-9-15-10-13(16-11)17-4-6-18(7-5-17)14(19)12-3-2-8-20-12/h2-3,8-10H,4-7H2,1H3. The molecule has 0 radical (unpaired) electrons. The van der Waals surface area contributed by atoms with Crippen molar-refractivity contribution in [1.29, 1.82) is 0 Å². The number of rotatable bonds is 2. The van der Waals surface area contributed by atoms with Crippen molar-refractivity contribution in [3.8, 4) is 0 Å². The van der Waals surface area contributed by atoms with Crippen molar-refractivity contribution in [2.75, 3.05) is 31.1 Å². The van der Waals surface area contributed by atoms with E-state index in [0.29, 0.717) is 18.8 Å². The molecule has 0 bridgehead atoms. The summed E-state index contributed by atoms with van der Waals surface area (Å²) in [5.74, 6) is 1.22. The smallest absolute Gasteiger partial charge is 0.289 e. The molecule has 2 aromatic heterocycles. The normalized spacial score (nSPS) is 15.4. The van der Waals surface area contributed by atoms with Crippen LogP contribution in [-0.4, -0.2) is 47.0 Å². The van der Waals surface area contributed by atoms with Gasteiger partial charge < -0.3 is 14.2 Å². The lowest BCUT2D eigenvalue weighted by Crippen LogP contribution is -2.49. The van der Waals surface area contributed by atoms with Crippen molar-refractivity contribution in [2.45, 2.75) is 6.92 Å². The van der Waals surface area contributed by atoms with Crippen LogP contribution in [0.4, 0.5) is 5.82 Å². The highest BCUT2D eigenvalue weighted by Crippen LogP contribution is 2.14. The lowest BCUT2D eigenvalue weighted by molar-refractivity contribution is 0.0714. The van der Waals surface area contributed by atoms with Crippen LogP contribution in [0.15, 0.2) is 35.2 Å². The van der Waals surface area contributed by atoms with Crippen LogP contribution in [0, 0.1) is 6.92 Å². The molecule has 2 aromatic rings. The monoisotopic (exact) mass is 272 g/mol. The van der Waals surface area contributed by atoms with E-state index in [0.717, 1.165) is 24.6 Å². The summed E-state index contributed by atoms with van der Waals surface area (Å²) in [6.07, 6.45) is 5.02. The number of furan rings is 1. The fourth-order valence-corrected chi connectivity index (χ4v) is 2.30. The molecule has 0 N–H and O–H groups in total. The maximum atomic E-state index is 12.1. The van der Waals surface area contributed by atoms with E-state index in [2.05, 4.69) is 14.9 Å². The summed E-state index contributed by atoms with van der Waals surface area (Å²) in [7, 11) is 0. The molecule has 0 aliphatic carbocycles. The number of carbonyl (C=O) groups is 1. The van der Waals surface area contributed by atoms with E-state index >= 15 is 0 Å². The first kappa shape index (κ1) is 12.7. The minimum atomic E-state index is -0.0509. The van der Waals surface area contributed by atoms with Crippen LogP contribution >= 0.6 is 0 Å². The largest absolute Gasteiger partial charge is 0.459 e. The van der Waals surface area contributed by atoms with Crippen molar-refractivity contribution < 1.29 is 9.21 Å². The fraction of sp³-hybridized carbons (Fsp3) is 0.357. The maximum absolute atomic E-state index is 12.1. The van der Waals surface area contributed by atoms with Gasteiger partial charge in [-0.3, -0.25) is 9.78 Å². The summed E-state index contributed by atoms with van der Waals surface area (Å²) in [4.78, 5) is 24.7. The predicted molar refractivity (Wildman–Crippen MR) is 73.6 cm³/mol. The second-order valence-corrected chi connectivity index (χ2v) is 4.78. The molecule has 3 rings (SSSR count). The van der Waals surface area contributed by atoms with Gasteiger partial charge in [0.15, 0.2) is 5.76 Å². The number of nitrogens with zero attached hydrogens (tertiary/aromatic N) is 4. The number of anilines is 1. The van der Waals surface area contributed by atoms with Crippen LogP contribution < -0.4 is 4.90 Å². The van der Waals surface area contributed by atoms with Gasteiger partial charge in [-0.2, -0.15) is 0 Å². The van der Waals surface area contributed by atoms with E-state index < -0.39 is 0 Å². The van der Waals surface area contributed by atoms with Gasteiger partial charge in [0, 0.05) is 32.4 Å². The maximum Gasteiger partial charge on any atom is 0.289 e. The first-order valence-electron chi connectivity index (χ1n) is 6.60. The van der Waals surface area contributed by atoms with Gasteiger partial charge in [0.2, 0.25) is 0 Å². The van der Waals surface area contributed by atoms with E-state index in [1.54, 1.807) is 29.4 Å². The van der Waals surface area contributed by atoms with Gasteiger partial charge in [-0.1, -0.05) is 0 Å². The number of aryl methyl sites for hydroxylation is 1. The summed E-state index contributed by atoms with van der Waals surface area (Å²) in [6, 6.07) is 3.42. The van der Waals surface area contributed by atoms with Gasteiger partial charge in [-0.05, 0) is 19.1 Å². The molecule has 0 atom stereocenters. The van der Waals surface area contributed by atoms with Gasteiger partial charge >= 0.3 is 0 Å². The average molecular weight is 272 g/mol. The van der Waals surface area contributed by atoms with Crippen molar-refractivity contribution in [1.82, 2.24) is 14.9 Å². The van der Waals surface area contributed by atoms with E-state index in [1.165, 1.54) is 6.26 Å². The quantitative estimate of drug-likeness (QED) is 0.825. The lowest BCUT2D eigenvalue weighted by Gasteiger charge is -2.34. The Kier molecular flexibility index (Phi) is 3.37. The summed E-state index contributed by atoms with van der Waals surface area (Å²) in [5.41, 5.74) is 0.900. The number of amides is 1. The van der Waals surface area contributed by atoms with Gasteiger partial charge in [0.25, 0.3) is 5.91 Å². The highest BCUT2D eigenvalue weighted by atomic mass is 16.3. The van der Waals surface area contributed by atoms with Gasteiger partial charge in [-0.25, -0.2) is 4.98 Å². The van der Waals surface area contributed by atoms with Crippen molar-refractivity contribution >= 4 is 11.7 Å². The number of carbonyl (C=O) groups excluding carboxylic acids is 1. The van der Waals surface area contributed by atoms with Crippen molar-refractivity contribution in [3.05, 3.63) is 42.2 Å².